The minimum atomic E-state index is -0.526. The molecule has 1 rings (SSSR count). The van der Waals surface area contributed by atoms with Gasteiger partial charge in [0.2, 0.25) is 0 Å². The van der Waals surface area contributed by atoms with E-state index in [-0.39, 0.29) is 6.10 Å². The lowest BCUT2D eigenvalue weighted by molar-refractivity contribution is -0.288. The molecule has 0 aromatic heterocycles. The Morgan fingerprint density at radius 1 is 1.10 bits per heavy atom. The van der Waals surface area contributed by atoms with Crippen molar-refractivity contribution in [2.75, 3.05) is 0 Å². The zero-order valence-electron chi connectivity index (χ0n) is 13.9. The summed E-state index contributed by atoms with van der Waals surface area (Å²) in [5.41, 5.74) is 2.16. The third-order valence-corrected chi connectivity index (χ3v) is 3.62. The van der Waals surface area contributed by atoms with Gasteiger partial charge in [-0.15, -0.1) is 0 Å². The third-order valence-electron chi connectivity index (χ3n) is 3.62. The Kier molecular flexibility index (Phi) is 5.73. The molecule has 3 heteroatoms. The molecule has 0 aliphatic carbocycles. The summed E-state index contributed by atoms with van der Waals surface area (Å²) in [7, 11) is 0. The Labute approximate surface area is 127 Å². The smallest absolute Gasteiger partial charge is 0.293 e. The van der Waals surface area contributed by atoms with Gasteiger partial charge < -0.3 is 0 Å². The van der Waals surface area contributed by atoms with Gasteiger partial charge in [-0.25, -0.2) is 4.79 Å². The van der Waals surface area contributed by atoms with Crippen molar-refractivity contribution in [3.05, 3.63) is 47.5 Å². The molecule has 0 unspecified atom stereocenters. The van der Waals surface area contributed by atoms with E-state index in [1.165, 1.54) is 5.56 Å². The molecule has 0 fully saturated rings. The quantitative estimate of drug-likeness (QED) is 0.439. The normalized spacial score (nSPS) is 11.8. The van der Waals surface area contributed by atoms with Gasteiger partial charge >= 0.3 is 5.97 Å². The first-order chi connectivity index (χ1) is 9.66. The van der Waals surface area contributed by atoms with Crippen molar-refractivity contribution in [1.29, 1.82) is 0 Å². The molecule has 0 aliphatic rings. The lowest BCUT2D eigenvalue weighted by Crippen LogP contribution is -2.27. The van der Waals surface area contributed by atoms with Gasteiger partial charge in [-0.3, -0.25) is 4.89 Å². The molecule has 0 heterocycles. The summed E-state index contributed by atoms with van der Waals surface area (Å²) in [4.78, 5) is 21.7. The number of hydrogen-bond acceptors (Lipinski definition) is 3. The summed E-state index contributed by atoms with van der Waals surface area (Å²) in [5, 5.41) is 0. The van der Waals surface area contributed by atoms with Crippen LogP contribution in [0, 0.1) is 0 Å². The molecule has 0 saturated carbocycles. The van der Waals surface area contributed by atoms with Gasteiger partial charge in [0.1, 0.15) is 0 Å². The first-order valence-corrected chi connectivity index (χ1v) is 7.33. The van der Waals surface area contributed by atoms with Gasteiger partial charge in [0.25, 0.3) is 0 Å². The minimum absolute atomic E-state index is 0.171. The van der Waals surface area contributed by atoms with Crippen molar-refractivity contribution in [1.82, 2.24) is 0 Å². The molecule has 0 saturated heterocycles. The van der Waals surface area contributed by atoms with E-state index in [2.05, 4.69) is 32.6 Å². The van der Waals surface area contributed by atoms with Crippen LogP contribution >= 0.6 is 0 Å². The zero-order valence-corrected chi connectivity index (χ0v) is 13.9. The van der Waals surface area contributed by atoms with Crippen LogP contribution < -0.4 is 0 Å². The summed E-state index contributed by atoms with van der Waals surface area (Å²) in [5.74, 6) is -0.0450. The first kappa shape index (κ1) is 17.4. The van der Waals surface area contributed by atoms with Crippen LogP contribution in [0.4, 0.5) is 0 Å². The van der Waals surface area contributed by atoms with E-state index in [1.54, 1.807) is 13.8 Å². The Hall–Kier alpha value is -1.61. The highest BCUT2D eigenvalue weighted by atomic mass is 17.2. The van der Waals surface area contributed by atoms with Gasteiger partial charge in [0.05, 0.1) is 6.10 Å². The Bertz CT molecular complexity index is 496. The van der Waals surface area contributed by atoms with Gasteiger partial charge in [-0.1, -0.05) is 58.5 Å². The molecule has 0 amide bonds. The van der Waals surface area contributed by atoms with Crippen LogP contribution in [-0.2, 0) is 20.0 Å². The molecule has 0 aliphatic heterocycles. The van der Waals surface area contributed by atoms with Crippen LogP contribution in [0.1, 0.15) is 58.6 Å². The van der Waals surface area contributed by atoms with Gasteiger partial charge in [-0.2, -0.15) is 4.89 Å². The second kappa shape index (κ2) is 6.90. The molecule has 1 aromatic rings. The zero-order chi connectivity index (χ0) is 16.2. The van der Waals surface area contributed by atoms with E-state index < -0.39 is 11.4 Å². The van der Waals surface area contributed by atoms with E-state index >= 15 is 0 Å². The fourth-order valence-electron chi connectivity index (χ4n) is 1.90. The molecule has 0 radical (unpaired) electrons. The highest BCUT2D eigenvalue weighted by molar-refractivity contribution is 5.90. The van der Waals surface area contributed by atoms with Crippen molar-refractivity contribution in [2.45, 2.75) is 59.0 Å². The van der Waals surface area contributed by atoms with Crippen LogP contribution in [0.5, 0.6) is 0 Å². The summed E-state index contributed by atoms with van der Waals surface area (Å²) < 4.78 is 0. The summed E-state index contributed by atoms with van der Waals surface area (Å²) in [6, 6.07) is 8.25. The SMILES string of the molecule is C=C(C(=O)OOC(C)C)C(C)(C)c1ccc(C(C)C)cc1. The fourth-order valence-corrected chi connectivity index (χ4v) is 1.90. The van der Waals surface area contributed by atoms with Gasteiger partial charge in [0.15, 0.2) is 0 Å². The van der Waals surface area contributed by atoms with Crippen molar-refractivity contribution < 1.29 is 14.6 Å². The van der Waals surface area contributed by atoms with Crippen LogP contribution in [0.2, 0.25) is 0 Å². The molecule has 0 spiro atoms. The number of rotatable bonds is 6. The Morgan fingerprint density at radius 2 is 1.62 bits per heavy atom. The standard InChI is InChI=1S/C18H26O3/c1-12(2)15-8-10-16(11-9-15)18(6,7)14(5)17(19)21-20-13(3)4/h8-13H,5H2,1-4,6-7H3. The number of carbonyl (C=O) groups is 1. The van der Waals surface area contributed by atoms with Crippen molar-refractivity contribution in [3.63, 3.8) is 0 Å². The van der Waals surface area contributed by atoms with E-state index in [0.717, 1.165) is 5.56 Å². The number of carbonyl (C=O) groups excluding carboxylic acids is 1. The first-order valence-electron chi connectivity index (χ1n) is 7.33. The molecule has 116 valence electrons. The summed E-state index contributed by atoms with van der Waals surface area (Å²) in [6.45, 7) is 15.7. The van der Waals surface area contributed by atoms with Crippen LogP contribution in [0.3, 0.4) is 0 Å². The second-order valence-electron chi connectivity index (χ2n) is 6.40. The molecular formula is C18H26O3. The monoisotopic (exact) mass is 290 g/mol. The molecule has 1 aromatic carbocycles. The summed E-state index contributed by atoms with van der Waals surface area (Å²) in [6.07, 6.45) is -0.171. The Morgan fingerprint density at radius 3 is 2.05 bits per heavy atom. The highest BCUT2D eigenvalue weighted by Gasteiger charge is 2.30. The fraction of sp³-hybridized carbons (Fsp3) is 0.500. The average Bonchev–Trinajstić information content (AvgIpc) is 2.43. The number of hydrogen-bond donors (Lipinski definition) is 0. The molecule has 3 nitrogen and oxygen atoms in total. The summed E-state index contributed by atoms with van der Waals surface area (Å²) >= 11 is 0. The van der Waals surface area contributed by atoms with E-state index in [4.69, 9.17) is 9.78 Å². The van der Waals surface area contributed by atoms with Crippen LogP contribution in [0.25, 0.3) is 0 Å². The largest absolute Gasteiger partial charge is 0.369 e. The molecule has 21 heavy (non-hydrogen) atoms. The Balaban J connectivity index is 2.88. The van der Waals surface area contributed by atoms with Gasteiger partial charge in [-0.05, 0) is 30.9 Å². The average molecular weight is 290 g/mol. The predicted octanol–water partition coefficient (Wildman–Crippen LogP) is 4.53. The lowest BCUT2D eigenvalue weighted by Gasteiger charge is -2.26. The van der Waals surface area contributed by atoms with Crippen molar-refractivity contribution >= 4 is 5.97 Å². The van der Waals surface area contributed by atoms with E-state index in [9.17, 15) is 4.79 Å². The van der Waals surface area contributed by atoms with E-state index in [1.807, 2.05) is 26.0 Å². The second-order valence-corrected chi connectivity index (χ2v) is 6.40. The van der Waals surface area contributed by atoms with Crippen molar-refractivity contribution in [3.8, 4) is 0 Å². The van der Waals surface area contributed by atoms with Crippen LogP contribution in [-0.4, -0.2) is 12.1 Å². The highest BCUT2D eigenvalue weighted by Crippen LogP contribution is 2.32. The number of benzene rings is 1. The van der Waals surface area contributed by atoms with Gasteiger partial charge in [0, 0.05) is 11.0 Å². The van der Waals surface area contributed by atoms with Crippen molar-refractivity contribution in [2.24, 2.45) is 0 Å². The molecule has 0 N–H and O–H groups in total. The maximum atomic E-state index is 12.0. The topological polar surface area (TPSA) is 35.5 Å². The lowest BCUT2D eigenvalue weighted by atomic mass is 9.78. The predicted molar refractivity (Wildman–Crippen MR) is 85.0 cm³/mol. The maximum absolute atomic E-state index is 12.0. The maximum Gasteiger partial charge on any atom is 0.369 e. The molecule has 0 bridgehead atoms. The van der Waals surface area contributed by atoms with Crippen LogP contribution in [0.15, 0.2) is 36.4 Å². The molecule has 0 atom stereocenters. The van der Waals surface area contributed by atoms with E-state index in [0.29, 0.717) is 11.5 Å². The third kappa shape index (κ3) is 4.43. The molecular weight excluding hydrogens is 264 g/mol. The minimum Gasteiger partial charge on any atom is -0.293 e.